The molecule has 0 bridgehead atoms. The predicted molar refractivity (Wildman–Crippen MR) is 112 cm³/mol. The van der Waals surface area contributed by atoms with E-state index >= 15 is 0 Å². The van der Waals surface area contributed by atoms with Crippen LogP contribution in [0.4, 0.5) is 0 Å². The SMILES string of the molecule is CCNC(=O)c1ccc(CNC(=NC)NCC2(C)CCCO2)cc1.I. The van der Waals surface area contributed by atoms with Gasteiger partial charge in [0.2, 0.25) is 0 Å². The standard InChI is InChI=1S/C18H28N4O2.HI/c1-4-20-16(23)15-8-6-14(7-9-15)12-21-17(19-3)22-13-18(2)10-5-11-24-18;/h6-9H,4-5,10-13H2,1-3H3,(H,20,23)(H2,19,21,22);1H. The molecule has 1 saturated heterocycles. The number of hydrogen-bond acceptors (Lipinski definition) is 3. The second kappa shape index (κ2) is 10.6. The minimum atomic E-state index is -0.105. The van der Waals surface area contributed by atoms with Gasteiger partial charge in [0.15, 0.2) is 5.96 Å². The molecule has 1 amide bonds. The molecule has 1 aliphatic rings. The fourth-order valence-corrected chi connectivity index (χ4v) is 2.69. The van der Waals surface area contributed by atoms with Crippen LogP contribution in [0.3, 0.4) is 0 Å². The first kappa shape index (κ1) is 21.7. The Kier molecular flexibility index (Phi) is 9.20. The van der Waals surface area contributed by atoms with Gasteiger partial charge in [-0.2, -0.15) is 0 Å². The Bertz CT molecular complexity index is 569. The summed E-state index contributed by atoms with van der Waals surface area (Å²) >= 11 is 0. The molecule has 0 aromatic heterocycles. The van der Waals surface area contributed by atoms with E-state index < -0.39 is 0 Å². The lowest BCUT2D eigenvalue weighted by atomic mass is 10.0. The average molecular weight is 460 g/mol. The second-order valence-electron chi connectivity index (χ2n) is 6.24. The number of carbonyl (C=O) groups is 1. The number of amides is 1. The van der Waals surface area contributed by atoms with Crippen molar-refractivity contribution in [2.45, 2.75) is 38.8 Å². The lowest BCUT2D eigenvalue weighted by molar-refractivity contribution is 0.0243. The van der Waals surface area contributed by atoms with Crippen LogP contribution in [0.5, 0.6) is 0 Å². The largest absolute Gasteiger partial charge is 0.373 e. The van der Waals surface area contributed by atoms with Crippen molar-refractivity contribution in [2.75, 3.05) is 26.7 Å². The Balaban J connectivity index is 0.00000312. The van der Waals surface area contributed by atoms with Crippen LogP contribution in [0, 0.1) is 0 Å². The van der Waals surface area contributed by atoms with E-state index in [0.717, 1.165) is 37.5 Å². The fourth-order valence-electron chi connectivity index (χ4n) is 2.69. The molecule has 1 fully saturated rings. The fraction of sp³-hybridized carbons (Fsp3) is 0.556. The number of hydrogen-bond donors (Lipinski definition) is 3. The van der Waals surface area contributed by atoms with Crippen LogP contribution in [0.1, 0.15) is 42.6 Å². The molecule has 1 heterocycles. The smallest absolute Gasteiger partial charge is 0.251 e. The van der Waals surface area contributed by atoms with E-state index in [1.165, 1.54) is 0 Å². The highest BCUT2D eigenvalue weighted by molar-refractivity contribution is 14.0. The summed E-state index contributed by atoms with van der Waals surface area (Å²) in [7, 11) is 1.76. The highest BCUT2D eigenvalue weighted by Crippen LogP contribution is 2.23. The summed E-state index contributed by atoms with van der Waals surface area (Å²) in [6, 6.07) is 7.58. The molecule has 1 aromatic rings. The third-order valence-corrected chi connectivity index (χ3v) is 4.17. The van der Waals surface area contributed by atoms with E-state index in [2.05, 4.69) is 27.9 Å². The van der Waals surface area contributed by atoms with Crippen molar-refractivity contribution >= 4 is 35.8 Å². The summed E-state index contributed by atoms with van der Waals surface area (Å²) in [5, 5.41) is 9.39. The van der Waals surface area contributed by atoms with Gasteiger partial charge in [-0.15, -0.1) is 24.0 Å². The molecular formula is C18H29IN4O2. The van der Waals surface area contributed by atoms with Crippen molar-refractivity contribution in [1.29, 1.82) is 0 Å². The molecule has 0 spiro atoms. The zero-order valence-electron chi connectivity index (χ0n) is 15.2. The minimum Gasteiger partial charge on any atom is -0.373 e. The molecule has 140 valence electrons. The van der Waals surface area contributed by atoms with Gasteiger partial charge < -0.3 is 20.7 Å². The molecule has 25 heavy (non-hydrogen) atoms. The molecule has 6 nitrogen and oxygen atoms in total. The van der Waals surface area contributed by atoms with Gasteiger partial charge in [-0.05, 0) is 44.4 Å². The van der Waals surface area contributed by atoms with Crippen molar-refractivity contribution in [1.82, 2.24) is 16.0 Å². The van der Waals surface area contributed by atoms with Crippen LogP contribution < -0.4 is 16.0 Å². The first-order valence-corrected chi connectivity index (χ1v) is 8.52. The number of nitrogens with one attached hydrogen (secondary N) is 3. The summed E-state index contributed by atoms with van der Waals surface area (Å²) in [6.45, 7) is 6.89. The van der Waals surface area contributed by atoms with Crippen molar-refractivity contribution in [3.63, 3.8) is 0 Å². The van der Waals surface area contributed by atoms with E-state index in [1.807, 2.05) is 31.2 Å². The van der Waals surface area contributed by atoms with E-state index in [1.54, 1.807) is 7.05 Å². The van der Waals surface area contributed by atoms with Gasteiger partial charge in [-0.25, -0.2) is 0 Å². The Hall–Kier alpha value is -1.35. The van der Waals surface area contributed by atoms with E-state index in [4.69, 9.17) is 4.74 Å². The summed E-state index contributed by atoms with van der Waals surface area (Å²) < 4.78 is 5.77. The molecule has 1 aromatic carbocycles. The zero-order valence-corrected chi connectivity index (χ0v) is 17.6. The van der Waals surface area contributed by atoms with Crippen LogP contribution in [0.2, 0.25) is 0 Å². The maximum absolute atomic E-state index is 11.7. The zero-order chi connectivity index (χ0) is 17.4. The van der Waals surface area contributed by atoms with E-state index in [0.29, 0.717) is 18.7 Å². The summed E-state index contributed by atoms with van der Waals surface area (Å²) in [5.41, 5.74) is 1.66. The number of rotatable bonds is 6. The van der Waals surface area contributed by atoms with E-state index in [9.17, 15) is 4.79 Å². The first-order chi connectivity index (χ1) is 11.6. The second-order valence-corrected chi connectivity index (χ2v) is 6.24. The predicted octanol–water partition coefficient (Wildman–Crippen LogP) is 2.29. The number of halogens is 1. The van der Waals surface area contributed by atoms with Crippen molar-refractivity contribution in [2.24, 2.45) is 4.99 Å². The number of aliphatic imine (C=N–C) groups is 1. The molecule has 1 aliphatic heterocycles. The van der Waals surface area contributed by atoms with Crippen molar-refractivity contribution in [3.05, 3.63) is 35.4 Å². The minimum absolute atomic E-state index is 0. The summed E-state index contributed by atoms with van der Waals surface area (Å²) in [6.07, 6.45) is 2.18. The molecule has 0 saturated carbocycles. The molecule has 2 rings (SSSR count). The molecular weight excluding hydrogens is 431 g/mol. The third kappa shape index (κ3) is 6.81. The van der Waals surface area contributed by atoms with Gasteiger partial charge >= 0.3 is 0 Å². The molecule has 0 radical (unpaired) electrons. The number of carbonyl (C=O) groups excluding carboxylic acids is 1. The lowest BCUT2D eigenvalue weighted by Crippen LogP contribution is -2.45. The van der Waals surface area contributed by atoms with Gasteiger partial charge in [-0.1, -0.05) is 12.1 Å². The number of ether oxygens (including phenoxy) is 1. The Morgan fingerprint density at radius 3 is 2.52 bits per heavy atom. The normalized spacial score (nSPS) is 19.9. The molecule has 3 N–H and O–H groups in total. The molecule has 1 atom stereocenters. The highest BCUT2D eigenvalue weighted by atomic mass is 127. The van der Waals surface area contributed by atoms with Crippen molar-refractivity contribution in [3.8, 4) is 0 Å². The molecule has 7 heteroatoms. The quantitative estimate of drug-likeness (QED) is 0.346. The van der Waals surface area contributed by atoms with Gasteiger partial charge in [0.1, 0.15) is 0 Å². The molecule has 1 unspecified atom stereocenters. The average Bonchev–Trinajstić information content (AvgIpc) is 3.02. The van der Waals surface area contributed by atoms with E-state index in [-0.39, 0.29) is 35.5 Å². The maximum atomic E-state index is 11.7. The number of guanidine groups is 1. The number of nitrogens with zero attached hydrogens (tertiary/aromatic N) is 1. The van der Waals surface area contributed by atoms with Crippen molar-refractivity contribution < 1.29 is 9.53 Å². The maximum Gasteiger partial charge on any atom is 0.251 e. The molecule has 0 aliphatic carbocycles. The highest BCUT2D eigenvalue weighted by Gasteiger charge is 2.29. The van der Waals surface area contributed by atoms with Gasteiger partial charge in [0, 0.05) is 38.9 Å². The van der Waals surface area contributed by atoms with Crippen LogP contribution in [0.25, 0.3) is 0 Å². The Morgan fingerprint density at radius 1 is 1.24 bits per heavy atom. The van der Waals surface area contributed by atoms with Crippen LogP contribution in [-0.2, 0) is 11.3 Å². The Morgan fingerprint density at radius 2 is 1.96 bits per heavy atom. The monoisotopic (exact) mass is 460 g/mol. The topological polar surface area (TPSA) is 74.8 Å². The summed E-state index contributed by atoms with van der Waals surface area (Å²) in [4.78, 5) is 16.0. The summed E-state index contributed by atoms with van der Waals surface area (Å²) in [5.74, 6) is 0.707. The first-order valence-electron chi connectivity index (χ1n) is 8.52. The third-order valence-electron chi connectivity index (χ3n) is 4.17. The van der Waals surface area contributed by atoms with Gasteiger partial charge in [-0.3, -0.25) is 9.79 Å². The van der Waals surface area contributed by atoms with Gasteiger partial charge in [0.25, 0.3) is 5.91 Å². The lowest BCUT2D eigenvalue weighted by Gasteiger charge is -2.24. The van der Waals surface area contributed by atoms with Crippen LogP contribution >= 0.6 is 24.0 Å². The van der Waals surface area contributed by atoms with Gasteiger partial charge in [0.05, 0.1) is 5.60 Å². The van der Waals surface area contributed by atoms with Crippen LogP contribution in [0.15, 0.2) is 29.3 Å². The van der Waals surface area contributed by atoms with Crippen LogP contribution in [-0.4, -0.2) is 44.2 Å². The number of benzene rings is 1. The Labute approximate surface area is 167 Å².